The van der Waals surface area contributed by atoms with E-state index < -0.39 is 0 Å². The van der Waals surface area contributed by atoms with Crippen LogP contribution in [-0.4, -0.2) is 58.4 Å². The van der Waals surface area contributed by atoms with Gasteiger partial charge in [-0.3, -0.25) is 4.90 Å². The van der Waals surface area contributed by atoms with Gasteiger partial charge in [0.1, 0.15) is 5.75 Å². The van der Waals surface area contributed by atoms with Crippen LogP contribution in [0.15, 0.2) is 84.9 Å². The first-order chi connectivity index (χ1) is 16.3. The Morgan fingerprint density at radius 1 is 0.848 bits per heavy atom. The highest BCUT2D eigenvalue weighted by Gasteiger charge is 2.30. The first kappa shape index (κ1) is 21.2. The van der Waals surface area contributed by atoms with Crippen molar-refractivity contribution in [1.29, 1.82) is 0 Å². The highest BCUT2D eigenvalue weighted by Crippen LogP contribution is 2.30. The number of rotatable bonds is 7. The second-order valence-corrected chi connectivity index (χ2v) is 8.22. The molecule has 2 heterocycles. The molecular formula is C26H28N6O. The number of methoxy groups -OCH3 is 1. The minimum atomic E-state index is -0.00243. The number of piperazine rings is 1. The van der Waals surface area contributed by atoms with Crippen molar-refractivity contribution in [1.82, 2.24) is 25.1 Å². The lowest BCUT2D eigenvalue weighted by molar-refractivity contribution is 0.201. The SMILES string of the molecule is COc1cccc(N2CCN([C@@H](c3ccccc3)c3nnnn3Cc3ccccc3)CC2)c1. The maximum atomic E-state index is 5.41. The largest absolute Gasteiger partial charge is 0.497 e. The van der Waals surface area contributed by atoms with Gasteiger partial charge in [0.25, 0.3) is 0 Å². The topological polar surface area (TPSA) is 59.3 Å². The molecule has 33 heavy (non-hydrogen) atoms. The third kappa shape index (κ3) is 4.73. The molecule has 0 N–H and O–H groups in total. The molecule has 7 nitrogen and oxygen atoms in total. The first-order valence-corrected chi connectivity index (χ1v) is 11.3. The molecule has 0 spiro atoms. The molecule has 1 aliphatic rings. The van der Waals surface area contributed by atoms with Crippen LogP contribution < -0.4 is 9.64 Å². The lowest BCUT2D eigenvalue weighted by atomic mass is 10.0. The molecule has 0 saturated carbocycles. The van der Waals surface area contributed by atoms with Crippen molar-refractivity contribution in [3.63, 3.8) is 0 Å². The third-order valence-electron chi connectivity index (χ3n) is 6.19. The Labute approximate surface area is 194 Å². The predicted octanol–water partition coefficient (Wildman–Crippen LogP) is 3.64. The van der Waals surface area contributed by atoms with Gasteiger partial charge in [0, 0.05) is 37.9 Å². The Bertz CT molecular complexity index is 1160. The van der Waals surface area contributed by atoms with Crippen molar-refractivity contribution in [2.45, 2.75) is 12.6 Å². The van der Waals surface area contributed by atoms with Crippen LogP contribution in [0.5, 0.6) is 5.75 Å². The van der Waals surface area contributed by atoms with E-state index in [-0.39, 0.29) is 6.04 Å². The van der Waals surface area contributed by atoms with Crippen LogP contribution >= 0.6 is 0 Å². The van der Waals surface area contributed by atoms with Gasteiger partial charge >= 0.3 is 0 Å². The van der Waals surface area contributed by atoms with E-state index in [9.17, 15) is 0 Å². The maximum absolute atomic E-state index is 5.41. The van der Waals surface area contributed by atoms with Crippen LogP contribution in [0.2, 0.25) is 0 Å². The lowest BCUT2D eigenvalue weighted by Gasteiger charge is -2.40. The number of nitrogens with zero attached hydrogens (tertiary/aromatic N) is 6. The minimum absolute atomic E-state index is 0.00243. The van der Waals surface area contributed by atoms with Crippen LogP contribution in [-0.2, 0) is 6.54 Å². The second kappa shape index (κ2) is 9.83. The van der Waals surface area contributed by atoms with E-state index in [4.69, 9.17) is 4.74 Å². The summed E-state index contributed by atoms with van der Waals surface area (Å²) in [5.41, 5.74) is 3.58. The minimum Gasteiger partial charge on any atom is -0.497 e. The average Bonchev–Trinajstić information content (AvgIpc) is 3.33. The van der Waals surface area contributed by atoms with Gasteiger partial charge in [-0.25, -0.2) is 4.68 Å². The standard InChI is InChI=1S/C26H28N6O/c1-33-24-14-8-13-23(19-24)30-15-17-31(18-16-30)25(22-11-6-3-7-12-22)26-27-28-29-32(26)20-21-9-4-2-5-10-21/h2-14,19,25H,15-18,20H2,1H3/t25-/m0/s1. The molecular weight excluding hydrogens is 412 g/mol. The molecule has 1 atom stereocenters. The zero-order chi connectivity index (χ0) is 22.5. The van der Waals surface area contributed by atoms with Crippen molar-refractivity contribution in [2.75, 3.05) is 38.2 Å². The van der Waals surface area contributed by atoms with E-state index in [2.05, 4.69) is 73.9 Å². The number of hydrogen-bond donors (Lipinski definition) is 0. The van der Waals surface area contributed by atoms with Crippen molar-refractivity contribution < 1.29 is 4.74 Å². The summed E-state index contributed by atoms with van der Waals surface area (Å²) in [6, 6.07) is 29.2. The van der Waals surface area contributed by atoms with Crippen LogP contribution in [0.25, 0.3) is 0 Å². The van der Waals surface area contributed by atoms with Gasteiger partial charge in [-0.1, -0.05) is 66.7 Å². The zero-order valence-electron chi connectivity index (χ0n) is 18.8. The van der Waals surface area contributed by atoms with Gasteiger partial charge in [0.05, 0.1) is 19.7 Å². The van der Waals surface area contributed by atoms with Gasteiger partial charge in [-0.2, -0.15) is 0 Å². The van der Waals surface area contributed by atoms with Gasteiger partial charge in [-0.05, 0) is 33.7 Å². The summed E-state index contributed by atoms with van der Waals surface area (Å²) in [5.74, 6) is 1.76. The first-order valence-electron chi connectivity index (χ1n) is 11.3. The van der Waals surface area contributed by atoms with Crippen LogP contribution in [0.3, 0.4) is 0 Å². The molecule has 0 unspecified atom stereocenters. The summed E-state index contributed by atoms with van der Waals surface area (Å²) in [4.78, 5) is 4.90. The highest BCUT2D eigenvalue weighted by atomic mass is 16.5. The Kier molecular flexibility index (Phi) is 6.30. The average molecular weight is 441 g/mol. The molecule has 1 aromatic heterocycles. The monoisotopic (exact) mass is 440 g/mol. The second-order valence-electron chi connectivity index (χ2n) is 8.22. The smallest absolute Gasteiger partial charge is 0.173 e. The maximum Gasteiger partial charge on any atom is 0.173 e. The summed E-state index contributed by atoms with van der Waals surface area (Å²) >= 11 is 0. The highest BCUT2D eigenvalue weighted by molar-refractivity contribution is 5.51. The van der Waals surface area contributed by atoms with Gasteiger partial charge in [0.15, 0.2) is 5.82 Å². The summed E-state index contributed by atoms with van der Waals surface area (Å²) in [6.07, 6.45) is 0. The molecule has 1 saturated heterocycles. The quantitative estimate of drug-likeness (QED) is 0.437. The Balaban J connectivity index is 1.39. The van der Waals surface area contributed by atoms with E-state index in [1.54, 1.807) is 7.11 Å². The van der Waals surface area contributed by atoms with Crippen LogP contribution in [0.1, 0.15) is 23.0 Å². The van der Waals surface area contributed by atoms with Gasteiger partial charge in [0.2, 0.25) is 0 Å². The Hall–Kier alpha value is -3.71. The van der Waals surface area contributed by atoms with E-state index >= 15 is 0 Å². The Morgan fingerprint density at radius 2 is 1.58 bits per heavy atom. The third-order valence-corrected chi connectivity index (χ3v) is 6.19. The number of ether oxygens (including phenoxy) is 1. The van der Waals surface area contributed by atoms with Crippen molar-refractivity contribution in [3.05, 3.63) is 102 Å². The zero-order valence-corrected chi connectivity index (χ0v) is 18.8. The summed E-state index contributed by atoms with van der Waals surface area (Å²) in [5, 5.41) is 12.9. The van der Waals surface area contributed by atoms with E-state index in [0.29, 0.717) is 6.54 Å². The molecule has 3 aromatic carbocycles. The molecule has 0 amide bonds. The van der Waals surface area contributed by atoms with E-state index in [1.807, 2.05) is 41.1 Å². The van der Waals surface area contributed by atoms with E-state index in [1.165, 1.54) is 16.8 Å². The van der Waals surface area contributed by atoms with Crippen molar-refractivity contribution >= 4 is 5.69 Å². The van der Waals surface area contributed by atoms with Gasteiger partial charge in [-0.15, -0.1) is 5.10 Å². The normalized spacial score (nSPS) is 15.4. The molecule has 0 radical (unpaired) electrons. The molecule has 1 aliphatic heterocycles. The fraction of sp³-hybridized carbons (Fsp3) is 0.269. The lowest BCUT2D eigenvalue weighted by Crippen LogP contribution is -2.48. The van der Waals surface area contributed by atoms with Crippen molar-refractivity contribution in [3.8, 4) is 5.75 Å². The number of hydrogen-bond acceptors (Lipinski definition) is 6. The van der Waals surface area contributed by atoms with Crippen LogP contribution in [0, 0.1) is 0 Å². The summed E-state index contributed by atoms with van der Waals surface area (Å²) in [6.45, 7) is 4.33. The molecule has 4 aromatic rings. The fourth-order valence-corrected chi connectivity index (χ4v) is 4.48. The number of benzene rings is 3. The number of tetrazole rings is 1. The Morgan fingerprint density at radius 3 is 2.30 bits per heavy atom. The molecule has 5 rings (SSSR count). The van der Waals surface area contributed by atoms with E-state index in [0.717, 1.165) is 37.8 Å². The molecule has 0 bridgehead atoms. The summed E-state index contributed by atoms with van der Waals surface area (Å²) < 4.78 is 7.34. The molecule has 168 valence electrons. The van der Waals surface area contributed by atoms with Gasteiger partial charge < -0.3 is 9.64 Å². The number of aromatic nitrogens is 4. The predicted molar refractivity (Wildman–Crippen MR) is 128 cm³/mol. The molecule has 1 fully saturated rings. The number of anilines is 1. The van der Waals surface area contributed by atoms with Crippen molar-refractivity contribution in [2.24, 2.45) is 0 Å². The molecule has 0 aliphatic carbocycles. The fourth-order valence-electron chi connectivity index (χ4n) is 4.48. The molecule has 7 heteroatoms. The van der Waals surface area contributed by atoms with Crippen LogP contribution in [0.4, 0.5) is 5.69 Å². The summed E-state index contributed by atoms with van der Waals surface area (Å²) in [7, 11) is 1.71.